The van der Waals surface area contributed by atoms with Crippen molar-refractivity contribution in [3.63, 3.8) is 0 Å². The number of para-hydroxylation sites is 2. The number of carbonyl (C=O) groups excluding carboxylic acids is 3. The van der Waals surface area contributed by atoms with Crippen LogP contribution in [0.15, 0.2) is 65.7 Å². The highest BCUT2D eigenvalue weighted by Crippen LogP contribution is 2.25. The van der Waals surface area contributed by atoms with Crippen molar-refractivity contribution in [2.45, 2.75) is 5.03 Å². The molecule has 0 saturated carbocycles. The van der Waals surface area contributed by atoms with Crippen molar-refractivity contribution < 1.29 is 19.1 Å². The average molecular weight is 462 g/mol. The minimum Gasteiger partial charge on any atom is -0.465 e. The largest absolute Gasteiger partial charge is 0.465 e. The second-order valence-corrected chi connectivity index (χ2v) is 7.54. The summed E-state index contributed by atoms with van der Waals surface area (Å²) >= 11 is 0.984. The van der Waals surface area contributed by atoms with Crippen molar-refractivity contribution in [1.82, 2.24) is 4.98 Å². The number of benzene rings is 2. The fourth-order valence-electron chi connectivity index (χ4n) is 2.80. The van der Waals surface area contributed by atoms with E-state index in [0.717, 1.165) is 11.8 Å². The van der Waals surface area contributed by atoms with E-state index in [1.165, 1.54) is 19.2 Å². The molecule has 1 heterocycles. The van der Waals surface area contributed by atoms with Gasteiger partial charge in [-0.05, 0) is 30.3 Å². The number of nitrogen functional groups attached to an aromatic ring is 1. The molecule has 2 amide bonds. The van der Waals surface area contributed by atoms with Crippen LogP contribution in [0.2, 0.25) is 0 Å². The van der Waals surface area contributed by atoms with Gasteiger partial charge in [-0.25, -0.2) is 9.78 Å². The molecule has 0 radical (unpaired) electrons. The summed E-state index contributed by atoms with van der Waals surface area (Å²) in [6.45, 7) is 0. The molecule has 0 bridgehead atoms. The van der Waals surface area contributed by atoms with Gasteiger partial charge in [0.05, 0.1) is 35.2 Å². The highest BCUT2D eigenvalue weighted by Gasteiger charge is 2.18. The molecule has 4 N–H and O–H groups in total. The van der Waals surface area contributed by atoms with Crippen LogP contribution in [0.5, 0.6) is 0 Å². The molecule has 0 atom stereocenters. The molecule has 0 unspecified atom stereocenters. The Hall–Kier alpha value is -4.36. The third-order valence-corrected chi connectivity index (χ3v) is 5.35. The van der Waals surface area contributed by atoms with Gasteiger partial charge in [0.1, 0.15) is 16.9 Å². The van der Waals surface area contributed by atoms with Gasteiger partial charge in [-0.2, -0.15) is 5.26 Å². The van der Waals surface area contributed by atoms with Gasteiger partial charge in [-0.15, -0.1) is 0 Å². The predicted octanol–water partition coefficient (Wildman–Crippen LogP) is 3.31. The summed E-state index contributed by atoms with van der Waals surface area (Å²) in [5.41, 5.74) is 7.20. The molecule has 3 rings (SSSR count). The smallest absolute Gasteiger partial charge is 0.339 e. The van der Waals surface area contributed by atoms with Gasteiger partial charge in [0.2, 0.25) is 5.91 Å². The maximum absolute atomic E-state index is 12.5. The zero-order chi connectivity index (χ0) is 23.8. The van der Waals surface area contributed by atoms with Gasteiger partial charge in [-0.3, -0.25) is 9.59 Å². The van der Waals surface area contributed by atoms with Crippen molar-refractivity contribution in [3.05, 3.63) is 77.4 Å². The molecule has 10 heteroatoms. The lowest BCUT2D eigenvalue weighted by Crippen LogP contribution is -2.18. The highest BCUT2D eigenvalue weighted by molar-refractivity contribution is 8.00. The van der Waals surface area contributed by atoms with E-state index in [-0.39, 0.29) is 33.3 Å². The van der Waals surface area contributed by atoms with Gasteiger partial charge >= 0.3 is 5.97 Å². The van der Waals surface area contributed by atoms with Gasteiger partial charge in [0, 0.05) is 5.69 Å². The Morgan fingerprint density at radius 3 is 2.45 bits per heavy atom. The Morgan fingerprint density at radius 1 is 1.06 bits per heavy atom. The van der Waals surface area contributed by atoms with E-state index >= 15 is 0 Å². The molecule has 166 valence electrons. The number of nitrogens with zero attached hydrogens (tertiary/aromatic N) is 2. The number of carbonyl (C=O) groups is 3. The minimum absolute atomic E-state index is 0.0520. The van der Waals surface area contributed by atoms with Crippen LogP contribution in [0.1, 0.15) is 26.3 Å². The first-order valence-corrected chi connectivity index (χ1v) is 10.6. The molecule has 0 aliphatic carbocycles. The summed E-state index contributed by atoms with van der Waals surface area (Å²) in [6.07, 6.45) is 0. The molecule has 0 aliphatic rings. The fourth-order valence-corrected chi connectivity index (χ4v) is 3.56. The normalized spacial score (nSPS) is 10.1. The van der Waals surface area contributed by atoms with Crippen LogP contribution < -0.4 is 16.4 Å². The number of hydrogen-bond acceptors (Lipinski definition) is 8. The Morgan fingerprint density at radius 2 is 1.76 bits per heavy atom. The van der Waals surface area contributed by atoms with Gasteiger partial charge in [0.25, 0.3) is 5.91 Å². The molecular weight excluding hydrogens is 442 g/mol. The summed E-state index contributed by atoms with van der Waals surface area (Å²) in [4.78, 5) is 41.0. The zero-order valence-electron chi connectivity index (χ0n) is 17.5. The lowest BCUT2D eigenvalue weighted by atomic mass is 10.2. The Kier molecular flexibility index (Phi) is 7.62. The number of nitriles is 1. The lowest BCUT2D eigenvalue weighted by Gasteiger charge is -2.11. The highest BCUT2D eigenvalue weighted by atomic mass is 32.2. The third kappa shape index (κ3) is 5.87. The van der Waals surface area contributed by atoms with Crippen molar-refractivity contribution >= 4 is 46.7 Å². The number of pyridine rings is 1. The summed E-state index contributed by atoms with van der Waals surface area (Å²) in [5.74, 6) is -1.68. The first kappa shape index (κ1) is 23.3. The van der Waals surface area contributed by atoms with Gasteiger partial charge < -0.3 is 21.1 Å². The number of methoxy groups -OCH3 is 1. The number of hydrogen-bond donors (Lipinski definition) is 3. The van der Waals surface area contributed by atoms with Crippen LogP contribution in [0.4, 0.5) is 17.2 Å². The van der Waals surface area contributed by atoms with Crippen LogP contribution in [0.3, 0.4) is 0 Å². The second-order valence-electron chi connectivity index (χ2n) is 6.58. The van der Waals surface area contributed by atoms with E-state index in [0.29, 0.717) is 11.4 Å². The standard InChI is InChI=1S/C23H19N5O4S/c1-32-23(31)16-9-5-6-10-18(16)27-19(29)13-33-22-14(12-24)11-17(20(25)28-22)21(30)26-15-7-3-2-4-8-15/h2-11H,13H2,1H3,(H2,25,28)(H,26,30)(H,27,29). The van der Waals surface area contributed by atoms with Gasteiger partial charge in [-0.1, -0.05) is 42.1 Å². The molecule has 9 nitrogen and oxygen atoms in total. The molecule has 0 saturated heterocycles. The number of thioether (sulfide) groups is 1. The van der Waals surface area contributed by atoms with Crippen LogP contribution in [-0.2, 0) is 9.53 Å². The van der Waals surface area contributed by atoms with Crippen molar-refractivity contribution in [2.24, 2.45) is 0 Å². The molecular formula is C23H19N5O4S. The number of aromatic nitrogens is 1. The van der Waals surface area contributed by atoms with E-state index in [1.807, 2.05) is 12.1 Å². The van der Waals surface area contributed by atoms with Crippen LogP contribution in [0.25, 0.3) is 0 Å². The maximum atomic E-state index is 12.5. The van der Waals surface area contributed by atoms with Crippen molar-refractivity contribution in [2.75, 3.05) is 29.2 Å². The van der Waals surface area contributed by atoms with Crippen LogP contribution in [0, 0.1) is 11.3 Å². The lowest BCUT2D eigenvalue weighted by molar-refractivity contribution is -0.113. The fraction of sp³-hybridized carbons (Fsp3) is 0.0870. The molecule has 2 aromatic carbocycles. The van der Waals surface area contributed by atoms with Crippen molar-refractivity contribution in [1.29, 1.82) is 5.26 Å². The number of rotatable bonds is 7. The second kappa shape index (κ2) is 10.8. The summed E-state index contributed by atoms with van der Waals surface area (Å²) < 4.78 is 4.71. The van der Waals surface area contributed by atoms with E-state index in [2.05, 4.69) is 15.6 Å². The third-order valence-electron chi connectivity index (χ3n) is 4.36. The number of anilines is 3. The Bertz CT molecular complexity index is 1240. The molecule has 0 spiro atoms. The summed E-state index contributed by atoms with van der Waals surface area (Å²) in [7, 11) is 1.25. The van der Waals surface area contributed by atoms with Crippen LogP contribution >= 0.6 is 11.8 Å². The number of amides is 2. The van der Waals surface area contributed by atoms with Crippen molar-refractivity contribution in [3.8, 4) is 6.07 Å². The topological polar surface area (TPSA) is 147 Å². The average Bonchev–Trinajstić information content (AvgIpc) is 2.83. The van der Waals surface area contributed by atoms with Crippen LogP contribution in [-0.4, -0.2) is 35.6 Å². The molecule has 0 fully saturated rings. The van der Waals surface area contributed by atoms with Gasteiger partial charge in [0.15, 0.2) is 0 Å². The number of ether oxygens (including phenoxy) is 1. The maximum Gasteiger partial charge on any atom is 0.339 e. The molecule has 33 heavy (non-hydrogen) atoms. The molecule has 0 aliphatic heterocycles. The van der Waals surface area contributed by atoms with E-state index in [4.69, 9.17) is 10.5 Å². The number of nitrogens with one attached hydrogen (secondary N) is 2. The summed E-state index contributed by atoms with van der Waals surface area (Å²) in [5, 5.41) is 15.0. The minimum atomic E-state index is -0.580. The monoisotopic (exact) mass is 461 g/mol. The predicted molar refractivity (Wildman–Crippen MR) is 125 cm³/mol. The Labute approximate surface area is 194 Å². The first-order valence-electron chi connectivity index (χ1n) is 9.60. The van der Waals surface area contributed by atoms with E-state index < -0.39 is 17.8 Å². The number of nitrogens with two attached hydrogens (primary N) is 1. The molecule has 3 aromatic rings. The van der Waals surface area contributed by atoms with E-state index in [9.17, 15) is 19.6 Å². The quantitative estimate of drug-likeness (QED) is 0.359. The first-order chi connectivity index (χ1) is 15.9. The summed E-state index contributed by atoms with van der Waals surface area (Å²) in [6, 6.07) is 18.5. The van der Waals surface area contributed by atoms with E-state index in [1.54, 1.807) is 42.5 Å². The SMILES string of the molecule is COC(=O)c1ccccc1NC(=O)CSc1nc(N)c(C(=O)Nc2ccccc2)cc1C#N. The number of esters is 1. The Balaban J connectivity index is 1.71. The zero-order valence-corrected chi connectivity index (χ0v) is 18.3. The molecule has 1 aromatic heterocycles.